The minimum atomic E-state index is -1.13. The lowest BCUT2D eigenvalue weighted by molar-refractivity contribution is -0.167. The van der Waals surface area contributed by atoms with Gasteiger partial charge >= 0.3 is 17.9 Å². The summed E-state index contributed by atoms with van der Waals surface area (Å²) < 4.78 is 5.11. The van der Waals surface area contributed by atoms with Gasteiger partial charge in [-0.05, 0) is 25.2 Å². The molecule has 4 atom stereocenters. The predicted octanol–water partition coefficient (Wildman–Crippen LogP) is 1.37. The molecular formula is C15H25NO6. The SMILES string of the molecule is CCOC(=O)C1C(CC)CC(CC)C1C(=O)ONCC(=O)O. The summed E-state index contributed by atoms with van der Waals surface area (Å²) in [6.07, 6.45) is 2.31. The second kappa shape index (κ2) is 8.73. The van der Waals surface area contributed by atoms with Gasteiger partial charge in [-0.25, -0.2) is 0 Å². The maximum atomic E-state index is 12.3. The molecule has 1 aliphatic rings. The van der Waals surface area contributed by atoms with Crippen LogP contribution >= 0.6 is 0 Å². The van der Waals surface area contributed by atoms with Gasteiger partial charge in [-0.15, -0.1) is 5.48 Å². The molecule has 1 rings (SSSR count). The van der Waals surface area contributed by atoms with Crippen LogP contribution in [0, 0.1) is 23.7 Å². The summed E-state index contributed by atoms with van der Waals surface area (Å²) in [5, 5.41) is 8.55. The lowest BCUT2D eigenvalue weighted by Gasteiger charge is -2.23. The molecule has 1 fully saturated rings. The van der Waals surface area contributed by atoms with Gasteiger partial charge in [-0.3, -0.25) is 14.4 Å². The molecule has 0 radical (unpaired) electrons. The number of nitrogens with one attached hydrogen (secondary N) is 1. The molecule has 0 spiro atoms. The van der Waals surface area contributed by atoms with E-state index >= 15 is 0 Å². The Kier molecular flexibility index (Phi) is 7.31. The van der Waals surface area contributed by atoms with Crippen LogP contribution in [-0.2, 0) is 24.0 Å². The normalized spacial score (nSPS) is 27.4. The summed E-state index contributed by atoms with van der Waals surface area (Å²) >= 11 is 0. The first-order chi connectivity index (χ1) is 10.5. The Morgan fingerprint density at radius 1 is 1.05 bits per heavy atom. The first-order valence-electron chi connectivity index (χ1n) is 7.78. The molecule has 4 unspecified atom stereocenters. The highest BCUT2D eigenvalue weighted by atomic mass is 16.7. The number of carbonyl (C=O) groups is 3. The lowest BCUT2D eigenvalue weighted by atomic mass is 9.85. The minimum Gasteiger partial charge on any atom is -0.480 e. The van der Waals surface area contributed by atoms with Gasteiger partial charge in [-0.2, -0.15) is 0 Å². The highest BCUT2D eigenvalue weighted by Crippen LogP contribution is 2.45. The average Bonchev–Trinajstić information content (AvgIpc) is 2.85. The van der Waals surface area contributed by atoms with E-state index < -0.39 is 30.3 Å². The van der Waals surface area contributed by atoms with Crippen molar-refractivity contribution in [2.45, 2.75) is 40.0 Å². The Morgan fingerprint density at radius 2 is 1.59 bits per heavy atom. The Hall–Kier alpha value is -1.63. The van der Waals surface area contributed by atoms with Crippen LogP contribution in [0.5, 0.6) is 0 Å². The van der Waals surface area contributed by atoms with Crippen LogP contribution < -0.4 is 5.48 Å². The zero-order valence-corrected chi connectivity index (χ0v) is 13.3. The van der Waals surface area contributed by atoms with Crippen molar-refractivity contribution in [3.63, 3.8) is 0 Å². The van der Waals surface area contributed by atoms with Crippen molar-refractivity contribution in [2.75, 3.05) is 13.2 Å². The average molecular weight is 315 g/mol. The van der Waals surface area contributed by atoms with Gasteiger partial charge in [0.1, 0.15) is 6.54 Å². The van der Waals surface area contributed by atoms with E-state index in [9.17, 15) is 14.4 Å². The number of carboxylic acid groups (broad SMARTS) is 1. The molecule has 0 aromatic rings. The maximum Gasteiger partial charge on any atom is 0.328 e. The van der Waals surface area contributed by atoms with Crippen LogP contribution in [0.3, 0.4) is 0 Å². The van der Waals surface area contributed by atoms with Gasteiger partial charge in [0.15, 0.2) is 0 Å². The number of hydrogen-bond acceptors (Lipinski definition) is 6. The summed E-state index contributed by atoms with van der Waals surface area (Å²) in [5.41, 5.74) is 2.13. The van der Waals surface area contributed by atoms with Crippen LogP contribution in [0.2, 0.25) is 0 Å². The molecule has 1 aliphatic carbocycles. The molecule has 0 amide bonds. The molecule has 7 nitrogen and oxygen atoms in total. The predicted molar refractivity (Wildman–Crippen MR) is 77.5 cm³/mol. The molecule has 22 heavy (non-hydrogen) atoms. The number of hydrogen-bond donors (Lipinski definition) is 2. The van der Waals surface area contributed by atoms with Crippen LogP contribution in [0.25, 0.3) is 0 Å². The smallest absolute Gasteiger partial charge is 0.328 e. The van der Waals surface area contributed by atoms with E-state index in [1.54, 1.807) is 6.92 Å². The van der Waals surface area contributed by atoms with E-state index in [0.717, 1.165) is 19.3 Å². The molecule has 0 aromatic carbocycles. The van der Waals surface area contributed by atoms with E-state index in [0.29, 0.717) is 0 Å². The third-order valence-electron chi connectivity index (χ3n) is 4.28. The second-order valence-corrected chi connectivity index (χ2v) is 5.51. The Bertz CT molecular complexity index is 411. The molecular weight excluding hydrogens is 290 g/mol. The Morgan fingerprint density at radius 3 is 2.05 bits per heavy atom. The third-order valence-corrected chi connectivity index (χ3v) is 4.28. The maximum absolute atomic E-state index is 12.3. The number of aliphatic carboxylic acids is 1. The first kappa shape index (κ1) is 18.4. The van der Waals surface area contributed by atoms with Crippen molar-refractivity contribution >= 4 is 17.9 Å². The molecule has 1 saturated carbocycles. The van der Waals surface area contributed by atoms with Crippen LogP contribution in [-0.4, -0.2) is 36.2 Å². The van der Waals surface area contributed by atoms with Gasteiger partial charge in [0.2, 0.25) is 0 Å². The number of rotatable bonds is 8. The number of carbonyl (C=O) groups excluding carboxylic acids is 2. The lowest BCUT2D eigenvalue weighted by Crippen LogP contribution is -2.37. The number of esters is 1. The van der Waals surface area contributed by atoms with E-state index in [-0.39, 0.29) is 24.4 Å². The molecule has 2 N–H and O–H groups in total. The first-order valence-corrected chi connectivity index (χ1v) is 7.78. The van der Waals surface area contributed by atoms with Crippen LogP contribution in [0.1, 0.15) is 40.0 Å². The largest absolute Gasteiger partial charge is 0.480 e. The molecule has 0 aliphatic heterocycles. The standard InChI is InChI=1S/C15H25NO6/c1-4-9-7-10(5-2)13(12(9)14(19)21-6-3)15(20)22-16-8-11(17)18/h9-10,12-13,16H,4-8H2,1-3H3,(H,17,18). The third kappa shape index (κ3) is 4.43. The van der Waals surface area contributed by atoms with Gasteiger partial charge in [0.05, 0.1) is 18.4 Å². The quantitative estimate of drug-likeness (QED) is 0.515. The van der Waals surface area contributed by atoms with Crippen molar-refractivity contribution in [1.29, 1.82) is 0 Å². The van der Waals surface area contributed by atoms with E-state index in [1.807, 2.05) is 13.8 Å². The summed E-state index contributed by atoms with van der Waals surface area (Å²) in [4.78, 5) is 39.8. The van der Waals surface area contributed by atoms with Gasteiger partial charge in [-0.1, -0.05) is 26.7 Å². The van der Waals surface area contributed by atoms with Gasteiger partial charge < -0.3 is 14.7 Å². The van der Waals surface area contributed by atoms with Crippen molar-refractivity contribution in [3.8, 4) is 0 Å². The fraction of sp³-hybridized carbons (Fsp3) is 0.800. The van der Waals surface area contributed by atoms with Crippen molar-refractivity contribution in [2.24, 2.45) is 23.7 Å². The summed E-state index contributed by atoms with van der Waals surface area (Å²) in [6, 6.07) is 0. The highest BCUT2D eigenvalue weighted by molar-refractivity contribution is 5.83. The number of ether oxygens (including phenoxy) is 1. The molecule has 0 aromatic heterocycles. The molecule has 0 heterocycles. The summed E-state index contributed by atoms with van der Waals surface area (Å²) in [5.74, 6) is -3.06. The fourth-order valence-electron chi connectivity index (χ4n) is 3.26. The monoisotopic (exact) mass is 315 g/mol. The summed E-state index contributed by atoms with van der Waals surface area (Å²) in [7, 11) is 0. The van der Waals surface area contributed by atoms with E-state index in [1.165, 1.54) is 0 Å². The van der Waals surface area contributed by atoms with Crippen molar-refractivity contribution < 1.29 is 29.1 Å². The second-order valence-electron chi connectivity index (χ2n) is 5.51. The van der Waals surface area contributed by atoms with Gasteiger partial charge in [0.25, 0.3) is 0 Å². The van der Waals surface area contributed by atoms with Gasteiger partial charge in [0, 0.05) is 0 Å². The topological polar surface area (TPSA) is 102 Å². The summed E-state index contributed by atoms with van der Waals surface area (Å²) in [6.45, 7) is 5.47. The van der Waals surface area contributed by atoms with Crippen molar-refractivity contribution in [1.82, 2.24) is 5.48 Å². The minimum absolute atomic E-state index is 0.0403. The van der Waals surface area contributed by atoms with E-state index in [4.69, 9.17) is 14.7 Å². The molecule has 0 saturated heterocycles. The number of hydroxylamine groups is 1. The van der Waals surface area contributed by atoms with Crippen LogP contribution in [0.15, 0.2) is 0 Å². The number of carboxylic acids is 1. The Labute approximate surface area is 130 Å². The molecule has 126 valence electrons. The zero-order chi connectivity index (χ0) is 16.7. The van der Waals surface area contributed by atoms with Crippen LogP contribution in [0.4, 0.5) is 0 Å². The zero-order valence-electron chi connectivity index (χ0n) is 13.3. The fourth-order valence-corrected chi connectivity index (χ4v) is 3.26. The van der Waals surface area contributed by atoms with E-state index in [2.05, 4.69) is 5.48 Å². The molecule has 0 bridgehead atoms. The van der Waals surface area contributed by atoms with Crippen molar-refractivity contribution in [3.05, 3.63) is 0 Å². The molecule has 7 heteroatoms. The Balaban J connectivity index is 2.85. The highest BCUT2D eigenvalue weighted by Gasteiger charge is 2.50.